The number of nitrogens with zero attached hydrogens (tertiary/aromatic N) is 2. The monoisotopic (exact) mass is 477 g/mol. The second-order valence-electron chi connectivity index (χ2n) is 7.21. The van der Waals surface area contributed by atoms with E-state index in [0.29, 0.717) is 12.6 Å². The smallest absolute Gasteiger partial charge is 0.193 e. The molecule has 148 valence electrons. The Morgan fingerprint density at radius 3 is 2.58 bits per heavy atom. The van der Waals surface area contributed by atoms with E-state index in [1.54, 1.807) is 12.1 Å². The number of likely N-dealkylation sites (tertiary alicyclic amines) is 1. The van der Waals surface area contributed by atoms with Gasteiger partial charge in [-0.3, -0.25) is 4.99 Å². The molecule has 4 nitrogen and oxygen atoms in total. The van der Waals surface area contributed by atoms with E-state index in [1.165, 1.54) is 6.07 Å². The molecule has 1 aromatic rings. The van der Waals surface area contributed by atoms with Gasteiger partial charge in [0.1, 0.15) is 5.82 Å². The fourth-order valence-electron chi connectivity index (χ4n) is 3.17. The summed E-state index contributed by atoms with van der Waals surface area (Å²) in [5.41, 5.74) is 0.758. The fourth-order valence-corrected chi connectivity index (χ4v) is 3.17. The van der Waals surface area contributed by atoms with E-state index in [9.17, 15) is 4.39 Å². The predicted molar refractivity (Wildman–Crippen MR) is 117 cm³/mol. The molecule has 1 aliphatic rings. The summed E-state index contributed by atoms with van der Waals surface area (Å²) in [5.74, 6) is 0.751. The maximum Gasteiger partial charge on any atom is 0.193 e. The van der Waals surface area contributed by atoms with Crippen molar-refractivity contribution in [2.45, 2.75) is 52.1 Å². The first-order valence-electron chi connectivity index (χ1n) is 9.37. The van der Waals surface area contributed by atoms with Gasteiger partial charge >= 0.3 is 0 Å². The highest BCUT2D eigenvalue weighted by Gasteiger charge is 2.24. The number of rotatable bonds is 6. The topological polar surface area (TPSA) is 36.9 Å². The van der Waals surface area contributed by atoms with Crippen molar-refractivity contribution in [2.75, 3.05) is 32.8 Å². The van der Waals surface area contributed by atoms with Gasteiger partial charge in [-0.2, -0.15) is 0 Å². The SMILES string of the molecule is CCNC(=NCC(C)(C)c1cccc(F)c1)N1CCC(OCC)CC1.I. The molecule has 2 rings (SSSR count). The summed E-state index contributed by atoms with van der Waals surface area (Å²) in [5, 5.41) is 3.40. The normalized spacial score (nSPS) is 16.3. The maximum atomic E-state index is 13.5. The molecule has 1 fully saturated rings. The van der Waals surface area contributed by atoms with Gasteiger partial charge in [0.25, 0.3) is 0 Å². The Labute approximate surface area is 174 Å². The highest BCUT2D eigenvalue weighted by Crippen LogP contribution is 2.24. The molecule has 0 bridgehead atoms. The molecule has 1 heterocycles. The molecule has 0 unspecified atom stereocenters. The molecule has 0 spiro atoms. The third kappa shape index (κ3) is 6.68. The molecule has 0 aromatic heterocycles. The van der Waals surface area contributed by atoms with Gasteiger partial charge in [0.2, 0.25) is 0 Å². The van der Waals surface area contributed by atoms with Gasteiger partial charge in [-0.25, -0.2) is 4.39 Å². The van der Waals surface area contributed by atoms with Crippen LogP contribution in [0, 0.1) is 5.82 Å². The zero-order valence-electron chi connectivity index (χ0n) is 16.4. The van der Waals surface area contributed by atoms with E-state index >= 15 is 0 Å². The van der Waals surface area contributed by atoms with Crippen molar-refractivity contribution in [1.82, 2.24) is 10.2 Å². The second kappa shape index (κ2) is 11.1. The van der Waals surface area contributed by atoms with Crippen LogP contribution in [-0.4, -0.2) is 49.7 Å². The lowest BCUT2D eigenvalue weighted by Crippen LogP contribution is -2.47. The van der Waals surface area contributed by atoms with Crippen LogP contribution in [0.5, 0.6) is 0 Å². The molecule has 1 aromatic carbocycles. The van der Waals surface area contributed by atoms with Crippen LogP contribution in [0.15, 0.2) is 29.3 Å². The van der Waals surface area contributed by atoms with Crippen molar-refractivity contribution in [3.63, 3.8) is 0 Å². The molecule has 0 atom stereocenters. The Kier molecular flexibility index (Phi) is 9.85. The highest BCUT2D eigenvalue weighted by atomic mass is 127. The van der Waals surface area contributed by atoms with Gasteiger partial charge < -0.3 is 15.0 Å². The number of aliphatic imine (C=N–C) groups is 1. The van der Waals surface area contributed by atoms with Crippen molar-refractivity contribution >= 4 is 29.9 Å². The minimum atomic E-state index is -0.216. The molecular formula is C20H33FIN3O. The predicted octanol–water partition coefficient (Wildman–Crippen LogP) is 4.19. The third-order valence-electron chi connectivity index (χ3n) is 4.71. The summed E-state index contributed by atoms with van der Waals surface area (Å²) in [4.78, 5) is 7.16. The number of benzene rings is 1. The highest BCUT2D eigenvalue weighted by molar-refractivity contribution is 14.0. The molecule has 1 saturated heterocycles. The van der Waals surface area contributed by atoms with E-state index in [-0.39, 0.29) is 35.2 Å². The van der Waals surface area contributed by atoms with Gasteiger partial charge in [-0.1, -0.05) is 26.0 Å². The lowest BCUT2D eigenvalue weighted by molar-refractivity contribution is 0.0263. The number of nitrogens with one attached hydrogen (secondary N) is 1. The number of hydrogen-bond acceptors (Lipinski definition) is 2. The van der Waals surface area contributed by atoms with E-state index in [4.69, 9.17) is 9.73 Å². The van der Waals surface area contributed by atoms with E-state index in [0.717, 1.165) is 50.6 Å². The van der Waals surface area contributed by atoms with Crippen LogP contribution in [0.3, 0.4) is 0 Å². The molecular weight excluding hydrogens is 444 g/mol. The number of piperidine rings is 1. The average Bonchev–Trinajstić information content (AvgIpc) is 2.60. The molecule has 6 heteroatoms. The Morgan fingerprint density at radius 2 is 2.00 bits per heavy atom. The van der Waals surface area contributed by atoms with Gasteiger partial charge in [0, 0.05) is 31.7 Å². The van der Waals surface area contributed by atoms with Crippen LogP contribution in [0.1, 0.15) is 46.1 Å². The lowest BCUT2D eigenvalue weighted by Gasteiger charge is -2.34. The zero-order valence-corrected chi connectivity index (χ0v) is 18.8. The van der Waals surface area contributed by atoms with Crippen molar-refractivity contribution in [3.05, 3.63) is 35.6 Å². The van der Waals surface area contributed by atoms with Crippen LogP contribution in [0.2, 0.25) is 0 Å². The lowest BCUT2D eigenvalue weighted by atomic mass is 9.85. The summed E-state index contributed by atoms with van der Waals surface area (Å²) in [6.45, 7) is 12.5. The summed E-state index contributed by atoms with van der Waals surface area (Å²) < 4.78 is 19.3. The fraction of sp³-hybridized carbons (Fsp3) is 0.650. The number of ether oxygens (including phenoxy) is 1. The molecule has 26 heavy (non-hydrogen) atoms. The summed E-state index contributed by atoms with van der Waals surface area (Å²) >= 11 is 0. The minimum absolute atomic E-state index is 0. The Balaban J connectivity index is 0.00000338. The maximum absolute atomic E-state index is 13.5. The van der Waals surface area contributed by atoms with Crippen LogP contribution >= 0.6 is 24.0 Å². The van der Waals surface area contributed by atoms with Crippen molar-refractivity contribution in [3.8, 4) is 0 Å². The second-order valence-corrected chi connectivity index (χ2v) is 7.21. The first-order chi connectivity index (χ1) is 12.0. The quantitative estimate of drug-likeness (QED) is 0.380. The molecule has 1 aliphatic heterocycles. The van der Waals surface area contributed by atoms with Gasteiger partial charge in [0.05, 0.1) is 12.6 Å². The van der Waals surface area contributed by atoms with Gasteiger partial charge in [-0.05, 0) is 44.4 Å². The standard InChI is InChI=1S/C20H32FN3O.HI/c1-5-22-19(24-12-10-18(11-13-24)25-6-2)23-15-20(3,4)16-8-7-9-17(21)14-16;/h7-9,14,18H,5-6,10-13,15H2,1-4H3,(H,22,23);1H. The number of halogens is 2. The number of guanidine groups is 1. The summed E-state index contributed by atoms with van der Waals surface area (Å²) in [7, 11) is 0. The molecule has 0 amide bonds. The first kappa shape index (κ1) is 23.1. The van der Waals surface area contributed by atoms with Crippen molar-refractivity contribution in [1.29, 1.82) is 0 Å². The largest absolute Gasteiger partial charge is 0.378 e. The van der Waals surface area contributed by atoms with Crippen LogP contribution < -0.4 is 5.32 Å². The van der Waals surface area contributed by atoms with Crippen molar-refractivity contribution in [2.24, 2.45) is 4.99 Å². The summed E-state index contributed by atoms with van der Waals surface area (Å²) in [6, 6.07) is 6.82. The Hall–Kier alpha value is -0.890. The van der Waals surface area contributed by atoms with Crippen LogP contribution in [0.25, 0.3) is 0 Å². The third-order valence-corrected chi connectivity index (χ3v) is 4.71. The van der Waals surface area contributed by atoms with E-state index in [2.05, 4.69) is 31.0 Å². The van der Waals surface area contributed by atoms with Crippen LogP contribution in [-0.2, 0) is 10.2 Å². The van der Waals surface area contributed by atoms with E-state index in [1.807, 2.05) is 13.0 Å². The molecule has 0 aliphatic carbocycles. The summed E-state index contributed by atoms with van der Waals surface area (Å²) in [6.07, 6.45) is 2.43. The Morgan fingerprint density at radius 1 is 1.31 bits per heavy atom. The van der Waals surface area contributed by atoms with Crippen molar-refractivity contribution < 1.29 is 9.13 Å². The molecule has 0 saturated carbocycles. The number of hydrogen-bond donors (Lipinski definition) is 1. The first-order valence-corrected chi connectivity index (χ1v) is 9.37. The molecule has 0 radical (unpaired) electrons. The zero-order chi connectivity index (χ0) is 18.3. The molecule has 1 N–H and O–H groups in total. The minimum Gasteiger partial charge on any atom is -0.378 e. The Bertz CT molecular complexity index is 572. The van der Waals surface area contributed by atoms with Gasteiger partial charge in [-0.15, -0.1) is 24.0 Å². The van der Waals surface area contributed by atoms with E-state index < -0.39 is 0 Å². The van der Waals surface area contributed by atoms with Gasteiger partial charge in [0.15, 0.2) is 5.96 Å². The van der Waals surface area contributed by atoms with Crippen LogP contribution in [0.4, 0.5) is 4.39 Å². The average molecular weight is 477 g/mol.